The molecule has 0 amide bonds. The zero-order valence-corrected chi connectivity index (χ0v) is 22.2. The molecule has 0 N–H and O–H groups in total. The molecule has 0 radical (unpaired) electrons. The number of methoxy groups -OCH3 is 1. The van der Waals surface area contributed by atoms with Gasteiger partial charge < -0.3 is 9.47 Å². The first-order valence-corrected chi connectivity index (χ1v) is 13.1. The zero-order valence-electron chi connectivity index (χ0n) is 22.2. The van der Waals surface area contributed by atoms with E-state index in [9.17, 15) is 17.6 Å². The minimum Gasteiger partial charge on any atom is -0.493 e. The molecular weight excluding hydrogens is 484 g/mol. The Labute approximate surface area is 217 Å². The second-order valence-electron chi connectivity index (χ2n) is 9.99. The average Bonchev–Trinajstić information content (AvgIpc) is 2.89. The van der Waals surface area contributed by atoms with Gasteiger partial charge in [0.05, 0.1) is 7.11 Å². The predicted molar refractivity (Wildman–Crippen MR) is 137 cm³/mol. The van der Waals surface area contributed by atoms with Crippen molar-refractivity contribution in [2.75, 3.05) is 7.11 Å². The van der Waals surface area contributed by atoms with Gasteiger partial charge in [-0.05, 0) is 81.6 Å². The minimum atomic E-state index is -4.47. The summed E-state index contributed by atoms with van der Waals surface area (Å²) in [6, 6.07) is 2.31. The highest BCUT2D eigenvalue weighted by Gasteiger charge is 2.34. The number of nitrogens with zero attached hydrogens (tertiary/aromatic N) is 2. The Morgan fingerprint density at radius 3 is 2.49 bits per heavy atom. The summed E-state index contributed by atoms with van der Waals surface area (Å²) in [6.07, 6.45) is 8.69. The molecule has 0 saturated heterocycles. The molecule has 0 bridgehead atoms. The summed E-state index contributed by atoms with van der Waals surface area (Å²) in [7, 11) is 1.57. The summed E-state index contributed by atoms with van der Waals surface area (Å²) in [6.45, 7) is 6.18. The van der Waals surface area contributed by atoms with E-state index in [1.54, 1.807) is 7.11 Å². The highest BCUT2D eigenvalue weighted by molar-refractivity contribution is 5.85. The van der Waals surface area contributed by atoms with Crippen molar-refractivity contribution < 1.29 is 27.0 Å². The summed E-state index contributed by atoms with van der Waals surface area (Å²) in [4.78, 5) is 8.29. The molecule has 8 heteroatoms. The van der Waals surface area contributed by atoms with Crippen molar-refractivity contribution in [2.24, 2.45) is 16.8 Å². The van der Waals surface area contributed by atoms with Crippen LogP contribution in [0.1, 0.15) is 83.4 Å². The summed E-state index contributed by atoms with van der Waals surface area (Å²) in [5.74, 6) is 1.58. The van der Waals surface area contributed by atoms with Crippen LogP contribution < -0.4 is 0 Å². The largest absolute Gasteiger partial charge is 0.493 e. The van der Waals surface area contributed by atoms with E-state index in [1.165, 1.54) is 17.8 Å². The van der Waals surface area contributed by atoms with E-state index in [1.807, 2.05) is 32.2 Å². The van der Waals surface area contributed by atoms with Crippen LogP contribution in [0.5, 0.6) is 0 Å². The lowest BCUT2D eigenvalue weighted by molar-refractivity contribution is -0.141. The van der Waals surface area contributed by atoms with E-state index in [0.29, 0.717) is 48.7 Å². The summed E-state index contributed by atoms with van der Waals surface area (Å²) in [5, 5.41) is 0. The van der Waals surface area contributed by atoms with Gasteiger partial charge >= 0.3 is 6.18 Å². The number of hydrogen-bond acceptors (Lipinski definition) is 4. The second kappa shape index (κ2) is 12.7. The van der Waals surface area contributed by atoms with Gasteiger partial charge in [-0.1, -0.05) is 26.3 Å². The lowest BCUT2D eigenvalue weighted by atomic mass is 9.77. The Morgan fingerprint density at radius 1 is 1.19 bits per heavy atom. The second-order valence-corrected chi connectivity index (χ2v) is 9.99. The van der Waals surface area contributed by atoms with Gasteiger partial charge in [0.1, 0.15) is 18.0 Å². The topological polar surface area (TPSA) is 43.7 Å². The molecule has 2 aliphatic rings. The van der Waals surface area contributed by atoms with Gasteiger partial charge in [-0.25, -0.2) is 4.39 Å². The van der Waals surface area contributed by atoms with Crippen molar-refractivity contribution in [1.82, 2.24) is 4.98 Å². The van der Waals surface area contributed by atoms with Crippen LogP contribution in [0, 0.1) is 11.8 Å². The monoisotopic (exact) mass is 522 g/mol. The number of alkyl halides is 4. The maximum Gasteiger partial charge on any atom is 0.433 e. The zero-order chi connectivity index (χ0) is 27.1. The molecule has 1 unspecified atom stereocenters. The molecule has 3 rings (SSSR count). The van der Waals surface area contributed by atoms with Crippen LogP contribution in [0.3, 0.4) is 0 Å². The van der Waals surface area contributed by atoms with Crippen LogP contribution >= 0.6 is 0 Å². The molecule has 0 aliphatic heterocycles. The Morgan fingerprint density at radius 2 is 1.92 bits per heavy atom. The summed E-state index contributed by atoms with van der Waals surface area (Å²) in [5.41, 5.74) is 0.848. The first-order valence-electron chi connectivity index (χ1n) is 13.1. The van der Waals surface area contributed by atoms with Crippen molar-refractivity contribution in [3.8, 4) is 0 Å². The number of hydrogen-bond donors (Lipinski definition) is 0. The van der Waals surface area contributed by atoms with Crippen LogP contribution in [0.2, 0.25) is 0 Å². The molecule has 37 heavy (non-hydrogen) atoms. The van der Waals surface area contributed by atoms with Gasteiger partial charge in [0.2, 0.25) is 0 Å². The van der Waals surface area contributed by atoms with E-state index in [-0.39, 0.29) is 12.5 Å². The van der Waals surface area contributed by atoms with E-state index in [4.69, 9.17) is 14.5 Å². The molecule has 2 aliphatic carbocycles. The van der Waals surface area contributed by atoms with Gasteiger partial charge in [0.15, 0.2) is 11.5 Å². The van der Waals surface area contributed by atoms with Crippen LogP contribution in [-0.4, -0.2) is 23.5 Å². The third kappa shape index (κ3) is 7.92. The number of rotatable bonds is 10. The molecule has 0 spiro atoms. The van der Waals surface area contributed by atoms with Crippen molar-refractivity contribution in [3.05, 3.63) is 65.0 Å². The minimum absolute atomic E-state index is 0.0864. The highest BCUT2D eigenvalue weighted by atomic mass is 19.4. The van der Waals surface area contributed by atoms with Gasteiger partial charge in [-0.2, -0.15) is 13.2 Å². The van der Waals surface area contributed by atoms with Crippen molar-refractivity contribution in [1.29, 1.82) is 0 Å². The quantitative estimate of drug-likeness (QED) is 0.229. The fourth-order valence-electron chi connectivity index (χ4n) is 4.89. The van der Waals surface area contributed by atoms with Crippen LogP contribution in [0.4, 0.5) is 17.6 Å². The molecular formula is C29H38F4N2O2. The highest BCUT2D eigenvalue weighted by Crippen LogP contribution is 2.38. The lowest BCUT2D eigenvalue weighted by Gasteiger charge is -2.33. The third-order valence-electron chi connectivity index (χ3n) is 7.44. The molecule has 1 saturated carbocycles. The van der Waals surface area contributed by atoms with Crippen molar-refractivity contribution in [3.63, 3.8) is 0 Å². The predicted octanol–water partition coefficient (Wildman–Crippen LogP) is 8.50. The third-order valence-corrected chi connectivity index (χ3v) is 7.44. The van der Waals surface area contributed by atoms with Crippen LogP contribution in [0.25, 0.3) is 0 Å². The molecule has 4 nitrogen and oxygen atoms in total. The van der Waals surface area contributed by atoms with Gasteiger partial charge in [-0.15, -0.1) is 0 Å². The smallest absolute Gasteiger partial charge is 0.433 e. The summed E-state index contributed by atoms with van der Waals surface area (Å²) < 4.78 is 64.2. The van der Waals surface area contributed by atoms with Crippen molar-refractivity contribution >= 4 is 5.71 Å². The Balaban J connectivity index is 1.65. The first-order chi connectivity index (χ1) is 17.6. The van der Waals surface area contributed by atoms with Gasteiger partial charge in [0.25, 0.3) is 0 Å². The molecule has 1 fully saturated rings. The SMILES string of the molecule is CCC/C(=C\N=C(/C)C1CCC(F)(CC)CC1)C1C=C(OC)C(OCc2ccc(C(F)(F)F)nc2)=CC1. The fraction of sp³-hybridized carbons (Fsp3) is 0.586. The Hall–Kier alpha value is -2.64. The molecule has 1 aromatic rings. The average molecular weight is 523 g/mol. The van der Waals surface area contributed by atoms with Crippen molar-refractivity contribution in [2.45, 2.75) is 90.6 Å². The lowest BCUT2D eigenvalue weighted by Crippen LogP contribution is -2.31. The Bertz CT molecular complexity index is 1020. The maximum atomic E-state index is 14.6. The summed E-state index contributed by atoms with van der Waals surface area (Å²) >= 11 is 0. The van der Waals surface area contributed by atoms with E-state index in [2.05, 4.69) is 11.9 Å². The first kappa shape index (κ1) is 28.9. The number of aromatic nitrogens is 1. The van der Waals surface area contributed by atoms with Crippen LogP contribution in [0.15, 0.2) is 58.8 Å². The van der Waals surface area contributed by atoms with Gasteiger partial charge in [0, 0.05) is 29.6 Å². The number of halogens is 4. The number of allylic oxidation sites excluding steroid dienone is 3. The number of aliphatic imine (C=N–C) groups is 1. The fourth-order valence-corrected chi connectivity index (χ4v) is 4.89. The number of pyridine rings is 1. The molecule has 0 aromatic carbocycles. The van der Waals surface area contributed by atoms with E-state index >= 15 is 0 Å². The van der Waals surface area contributed by atoms with Crippen LogP contribution in [-0.2, 0) is 22.3 Å². The molecule has 1 atom stereocenters. The maximum absolute atomic E-state index is 14.6. The standard InChI is InChI=1S/C29H38F4N2O2/c1-5-7-24(18-34-20(3)22-12-14-28(30,6-2)15-13-22)23-9-10-25(26(16-23)36-4)37-19-21-8-11-27(35-17-21)29(31,32)33/h8,10-11,16-18,22-23H,5-7,9,12-15,19H2,1-4H3/b24-18+,34-20+. The Kier molecular flexibility index (Phi) is 9.96. The van der Waals surface area contributed by atoms with E-state index in [0.717, 1.165) is 37.5 Å². The number of ether oxygens (including phenoxy) is 2. The van der Waals surface area contributed by atoms with E-state index < -0.39 is 17.5 Å². The molecule has 1 aromatic heterocycles. The molecule has 1 heterocycles. The van der Waals surface area contributed by atoms with Gasteiger partial charge in [-0.3, -0.25) is 9.98 Å². The normalized spacial score (nSPS) is 25.4. The molecule has 204 valence electrons.